The van der Waals surface area contributed by atoms with E-state index < -0.39 is 0 Å². The zero-order valence-electron chi connectivity index (χ0n) is 10.2. The summed E-state index contributed by atoms with van der Waals surface area (Å²) in [6.45, 7) is 0. The molecule has 0 N–H and O–H groups in total. The van der Waals surface area contributed by atoms with E-state index in [1.807, 2.05) is 18.2 Å². The molecule has 0 atom stereocenters. The molecule has 0 aliphatic heterocycles. The molecule has 0 radical (unpaired) electrons. The third kappa shape index (κ3) is 3.67. The molecular formula is C15H16BrIO. The van der Waals surface area contributed by atoms with E-state index in [-0.39, 0.29) is 5.78 Å². The van der Waals surface area contributed by atoms with Crippen molar-refractivity contribution in [3.8, 4) is 0 Å². The number of halogens is 2. The number of benzene rings is 1. The molecule has 0 fully saturated rings. The minimum atomic E-state index is 0.211. The summed E-state index contributed by atoms with van der Waals surface area (Å²) in [4.78, 5) is 12.5. The Balaban J connectivity index is 2.26. The molecule has 1 aromatic rings. The highest BCUT2D eigenvalue weighted by molar-refractivity contribution is 14.1. The molecule has 1 aliphatic carbocycles. The van der Waals surface area contributed by atoms with Gasteiger partial charge in [-0.05, 0) is 72.0 Å². The number of Topliss-reactive ketones (excluding diaryl/α,β-unsaturated/α-hetero) is 1. The Morgan fingerprint density at radius 2 is 1.94 bits per heavy atom. The van der Waals surface area contributed by atoms with Crippen molar-refractivity contribution in [2.75, 3.05) is 0 Å². The van der Waals surface area contributed by atoms with Gasteiger partial charge in [0.2, 0.25) is 0 Å². The molecule has 1 aromatic carbocycles. The van der Waals surface area contributed by atoms with E-state index in [0.29, 0.717) is 0 Å². The van der Waals surface area contributed by atoms with Crippen molar-refractivity contribution in [3.63, 3.8) is 0 Å². The van der Waals surface area contributed by atoms with Gasteiger partial charge in [0, 0.05) is 13.6 Å². The van der Waals surface area contributed by atoms with Crippen LogP contribution in [0.25, 0.3) is 0 Å². The van der Waals surface area contributed by atoms with Crippen molar-refractivity contribution in [1.82, 2.24) is 0 Å². The lowest BCUT2D eigenvalue weighted by Crippen LogP contribution is -2.07. The second-order valence-electron chi connectivity index (χ2n) is 4.64. The fraction of sp³-hybridized carbons (Fsp3) is 0.400. The number of carbonyl (C=O) groups is 1. The van der Waals surface area contributed by atoms with Gasteiger partial charge in [-0.15, -0.1) is 0 Å². The van der Waals surface area contributed by atoms with E-state index in [1.165, 1.54) is 19.3 Å². The average Bonchev–Trinajstić information content (AvgIpc) is 2.31. The van der Waals surface area contributed by atoms with E-state index in [9.17, 15) is 4.79 Å². The lowest BCUT2D eigenvalue weighted by molar-refractivity contribution is 0.102. The lowest BCUT2D eigenvalue weighted by atomic mass is 9.94. The van der Waals surface area contributed by atoms with E-state index in [1.54, 1.807) is 0 Å². The number of hydrogen-bond donors (Lipinski definition) is 0. The van der Waals surface area contributed by atoms with Crippen molar-refractivity contribution in [1.29, 1.82) is 0 Å². The third-order valence-electron chi connectivity index (χ3n) is 3.26. The Morgan fingerprint density at radius 1 is 1.17 bits per heavy atom. The first-order valence-electron chi connectivity index (χ1n) is 6.37. The second-order valence-corrected chi connectivity index (χ2v) is 6.71. The van der Waals surface area contributed by atoms with Gasteiger partial charge >= 0.3 is 0 Å². The summed E-state index contributed by atoms with van der Waals surface area (Å²) in [6, 6.07) is 5.90. The van der Waals surface area contributed by atoms with Crippen molar-refractivity contribution >= 4 is 44.3 Å². The Morgan fingerprint density at radius 3 is 2.78 bits per heavy atom. The van der Waals surface area contributed by atoms with Gasteiger partial charge in [-0.2, -0.15) is 0 Å². The molecule has 0 heterocycles. The van der Waals surface area contributed by atoms with Gasteiger partial charge in [0.05, 0.1) is 0 Å². The van der Waals surface area contributed by atoms with Gasteiger partial charge in [-0.3, -0.25) is 4.79 Å². The molecule has 0 amide bonds. The highest BCUT2D eigenvalue weighted by Gasteiger charge is 2.16. The molecule has 0 saturated heterocycles. The molecule has 0 spiro atoms. The monoisotopic (exact) mass is 418 g/mol. The van der Waals surface area contributed by atoms with Gasteiger partial charge in [-0.1, -0.05) is 34.8 Å². The summed E-state index contributed by atoms with van der Waals surface area (Å²) in [6.07, 6.45) is 9.03. The van der Waals surface area contributed by atoms with Gasteiger partial charge < -0.3 is 0 Å². The maximum atomic E-state index is 12.5. The molecule has 1 aliphatic rings. The highest BCUT2D eigenvalue weighted by Crippen LogP contribution is 2.25. The Kier molecular flexibility index (Phi) is 5.42. The molecule has 96 valence electrons. The van der Waals surface area contributed by atoms with Crippen LogP contribution in [0.3, 0.4) is 0 Å². The van der Waals surface area contributed by atoms with Crippen molar-refractivity contribution < 1.29 is 4.79 Å². The van der Waals surface area contributed by atoms with Gasteiger partial charge in [0.25, 0.3) is 0 Å². The zero-order valence-corrected chi connectivity index (χ0v) is 14.0. The van der Waals surface area contributed by atoms with Gasteiger partial charge in [-0.25, -0.2) is 0 Å². The SMILES string of the molecule is O=C(/C1=C/CCCCCC1)c1cc(Br)ccc1I. The largest absolute Gasteiger partial charge is 0.289 e. The maximum absolute atomic E-state index is 12.5. The van der Waals surface area contributed by atoms with Crippen LogP contribution in [0.15, 0.2) is 34.3 Å². The van der Waals surface area contributed by atoms with Gasteiger partial charge in [0.1, 0.15) is 0 Å². The number of ketones is 1. The minimum absolute atomic E-state index is 0.211. The van der Waals surface area contributed by atoms with Crippen molar-refractivity contribution in [3.05, 3.63) is 43.5 Å². The minimum Gasteiger partial charge on any atom is -0.289 e. The Bertz CT molecular complexity index is 479. The predicted octanol–water partition coefficient (Wildman–Crippen LogP) is 5.52. The summed E-state index contributed by atoms with van der Waals surface area (Å²) < 4.78 is 2.00. The van der Waals surface area contributed by atoms with Crippen molar-refractivity contribution in [2.45, 2.75) is 38.5 Å². The highest BCUT2D eigenvalue weighted by atomic mass is 127. The molecule has 18 heavy (non-hydrogen) atoms. The zero-order chi connectivity index (χ0) is 13.0. The van der Waals surface area contributed by atoms with E-state index in [4.69, 9.17) is 0 Å². The number of rotatable bonds is 2. The van der Waals surface area contributed by atoms with E-state index >= 15 is 0 Å². The molecule has 0 aromatic heterocycles. The summed E-state index contributed by atoms with van der Waals surface area (Å²) >= 11 is 5.68. The van der Waals surface area contributed by atoms with E-state index in [0.717, 1.165) is 38.4 Å². The number of allylic oxidation sites excluding steroid dienone is 2. The van der Waals surface area contributed by atoms with Crippen molar-refractivity contribution in [2.24, 2.45) is 0 Å². The summed E-state index contributed by atoms with van der Waals surface area (Å²) in [5.74, 6) is 0.211. The maximum Gasteiger partial charge on any atom is 0.189 e. The van der Waals surface area contributed by atoms with Crippen LogP contribution in [0, 0.1) is 3.57 Å². The molecular weight excluding hydrogens is 403 g/mol. The van der Waals surface area contributed by atoms with Gasteiger partial charge in [0.15, 0.2) is 5.78 Å². The predicted molar refractivity (Wildman–Crippen MR) is 87.0 cm³/mol. The molecule has 2 rings (SSSR count). The standard InChI is InChI=1S/C15H16BrIO/c16-12-8-9-14(17)13(10-12)15(18)11-6-4-2-1-3-5-7-11/h6,8-10H,1-5,7H2/b11-6+. The summed E-state index contributed by atoms with van der Waals surface area (Å²) in [7, 11) is 0. The summed E-state index contributed by atoms with van der Waals surface area (Å²) in [5, 5.41) is 0. The average molecular weight is 419 g/mol. The molecule has 0 unspecified atom stereocenters. The fourth-order valence-corrected chi connectivity index (χ4v) is 3.18. The second kappa shape index (κ2) is 6.85. The van der Waals surface area contributed by atoms with Crippen LogP contribution in [0.1, 0.15) is 48.9 Å². The molecule has 0 saturated carbocycles. The molecule has 0 bridgehead atoms. The van der Waals surface area contributed by atoms with Crippen LogP contribution in [0.2, 0.25) is 0 Å². The third-order valence-corrected chi connectivity index (χ3v) is 4.69. The normalized spacial score (nSPS) is 19.6. The first-order valence-corrected chi connectivity index (χ1v) is 8.24. The summed E-state index contributed by atoms with van der Waals surface area (Å²) in [5.41, 5.74) is 1.84. The van der Waals surface area contributed by atoms with Crippen LogP contribution in [-0.4, -0.2) is 5.78 Å². The molecule has 3 heteroatoms. The first-order chi connectivity index (χ1) is 8.68. The topological polar surface area (TPSA) is 17.1 Å². The van der Waals surface area contributed by atoms with Crippen LogP contribution < -0.4 is 0 Å². The number of hydrogen-bond acceptors (Lipinski definition) is 1. The lowest BCUT2D eigenvalue weighted by Gasteiger charge is -2.11. The Labute approximate surface area is 130 Å². The quantitative estimate of drug-likeness (QED) is 0.456. The smallest absolute Gasteiger partial charge is 0.189 e. The Hall–Kier alpha value is -0.160. The fourth-order valence-electron chi connectivity index (χ4n) is 2.24. The molecule has 1 nitrogen and oxygen atoms in total. The van der Waals surface area contributed by atoms with Crippen LogP contribution in [0.5, 0.6) is 0 Å². The first kappa shape index (κ1) is 14.3. The van der Waals surface area contributed by atoms with Crippen LogP contribution in [0.4, 0.5) is 0 Å². The van der Waals surface area contributed by atoms with Crippen LogP contribution in [-0.2, 0) is 0 Å². The van der Waals surface area contributed by atoms with Crippen LogP contribution >= 0.6 is 38.5 Å². The number of carbonyl (C=O) groups excluding carboxylic acids is 1. The van der Waals surface area contributed by atoms with E-state index in [2.05, 4.69) is 44.6 Å².